The molecule has 0 aliphatic heterocycles. The molecule has 5 nitrogen and oxygen atoms in total. The van der Waals surface area contributed by atoms with Gasteiger partial charge >= 0.3 is 11.9 Å². The molecule has 0 bridgehead atoms. The van der Waals surface area contributed by atoms with E-state index in [4.69, 9.17) is 4.74 Å². The van der Waals surface area contributed by atoms with Gasteiger partial charge < -0.3 is 14.9 Å². The third-order valence-electron chi connectivity index (χ3n) is 3.26. The number of ether oxygens (including phenoxy) is 1. The minimum Gasteiger partial charge on any atom is -0.480 e. The van der Waals surface area contributed by atoms with Gasteiger partial charge in [-0.05, 0) is 44.4 Å². The van der Waals surface area contributed by atoms with E-state index in [1.165, 1.54) is 0 Å². The summed E-state index contributed by atoms with van der Waals surface area (Å²) in [7, 11) is 0. The van der Waals surface area contributed by atoms with Crippen LogP contribution in [-0.4, -0.2) is 34.9 Å². The highest BCUT2D eigenvalue weighted by atomic mass is 79.9. The monoisotopic (exact) mass is 358 g/mol. The van der Waals surface area contributed by atoms with Gasteiger partial charge in [-0.15, -0.1) is 0 Å². The Balaban J connectivity index is 3.32. The molecule has 1 rings (SSSR count). The molecule has 0 saturated heterocycles. The summed E-state index contributed by atoms with van der Waals surface area (Å²) in [6.07, 6.45) is -0.546. The second-order valence-corrected chi connectivity index (χ2v) is 5.74. The van der Waals surface area contributed by atoms with E-state index in [0.29, 0.717) is 5.56 Å². The summed E-state index contributed by atoms with van der Waals surface area (Å²) in [5.41, 5.74) is -1.45. The van der Waals surface area contributed by atoms with Crippen molar-refractivity contribution in [2.24, 2.45) is 0 Å². The number of rotatable bonds is 7. The number of halogens is 1. The number of aliphatic hydroxyl groups excluding tert-OH is 1. The summed E-state index contributed by atoms with van der Waals surface area (Å²) in [6.45, 7) is 3.28. The first-order valence-corrected chi connectivity index (χ1v) is 7.48. The van der Waals surface area contributed by atoms with Crippen molar-refractivity contribution in [3.8, 4) is 0 Å². The third kappa shape index (κ3) is 4.04. The van der Waals surface area contributed by atoms with E-state index in [9.17, 15) is 19.8 Å². The van der Waals surface area contributed by atoms with Gasteiger partial charge in [-0.25, -0.2) is 0 Å². The molecule has 0 saturated carbocycles. The summed E-state index contributed by atoms with van der Waals surface area (Å²) < 4.78 is 5.75. The van der Waals surface area contributed by atoms with Crippen molar-refractivity contribution >= 4 is 27.9 Å². The van der Waals surface area contributed by atoms with Gasteiger partial charge in [0.05, 0.1) is 12.7 Å². The molecule has 1 aromatic carbocycles. The molecule has 2 unspecified atom stereocenters. The Morgan fingerprint density at radius 1 is 1.33 bits per heavy atom. The SMILES string of the molecule is CCOC(=O)C(CCC(C)O)(C(=O)O)c1ccc(Br)cc1. The molecule has 1 aromatic rings. The number of esters is 1. The molecule has 2 atom stereocenters. The highest BCUT2D eigenvalue weighted by molar-refractivity contribution is 9.10. The lowest BCUT2D eigenvalue weighted by atomic mass is 9.76. The fourth-order valence-electron chi connectivity index (χ4n) is 2.10. The number of carboxylic acids is 1. The Morgan fingerprint density at radius 3 is 2.33 bits per heavy atom. The molecular formula is C15H19BrO5. The Bertz CT molecular complexity index is 497. The van der Waals surface area contributed by atoms with Crippen LogP contribution in [0, 0.1) is 0 Å². The first-order valence-electron chi connectivity index (χ1n) is 6.69. The van der Waals surface area contributed by atoms with Crippen LogP contribution in [0.1, 0.15) is 32.3 Å². The maximum atomic E-state index is 12.3. The number of carbonyl (C=O) groups excluding carboxylic acids is 1. The molecule has 0 aliphatic carbocycles. The molecule has 2 N–H and O–H groups in total. The van der Waals surface area contributed by atoms with Gasteiger partial charge in [-0.3, -0.25) is 9.59 Å². The van der Waals surface area contributed by atoms with Gasteiger partial charge in [-0.2, -0.15) is 0 Å². The fraction of sp³-hybridized carbons (Fsp3) is 0.467. The van der Waals surface area contributed by atoms with Crippen molar-refractivity contribution < 1.29 is 24.5 Å². The van der Waals surface area contributed by atoms with E-state index in [-0.39, 0.29) is 19.4 Å². The number of hydrogen-bond donors (Lipinski definition) is 2. The average molecular weight is 359 g/mol. The average Bonchev–Trinajstić information content (AvgIpc) is 2.41. The number of carbonyl (C=O) groups is 2. The highest BCUT2D eigenvalue weighted by Gasteiger charge is 2.49. The standard InChI is InChI=1S/C15H19BrO5/c1-3-21-14(20)15(13(18)19,9-8-10(2)17)11-4-6-12(16)7-5-11/h4-7,10,17H,3,8-9H2,1-2H3,(H,18,19). The van der Waals surface area contributed by atoms with Gasteiger partial charge in [-0.1, -0.05) is 28.1 Å². The Hall–Kier alpha value is -1.40. The van der Waals surface area contributed by atoms with Crippen LogP contribution < -0.4 is 0 Å². The van der Waals surface area contributed by atoms with Crippen molar-refractivity contribution in [2.75, 3.05) is 6.61 Å². The van der Waals surface area contributed by atoms with Crippen LogP contribution in [0.25, 0.3) is 0 Å². The molecule has 0 amide bonds. The van der Waals surface area contributed by atoms with Gasteiger partial charge in [0.25, 0.3) is 0 Å². The van der Waals surface area contributed by atoms with Crippen LogP contribution in [0.15, 0.2) is 28.7 Å². The molecule has 0 spiro atoms. The van der Waals surface area contributed by atoms with E-state index in [2.05, 4.69) is 15.9 Å². The number of benzene rings is 1. The normalized spacial score (nSPS) is 15.0. The van der Waals surface area contributed by atoms with Crippen molar-refractivity contribution in [1.29, 1.82) is 0 Å². The lowest BCUT2D eigenvalue weighted by Crippen LogP contribution is -2.45. The first-order chi connectivity index (χ1) is 9.84. The molecule has 116 valence electrons. The second-order valence-electron chi connectivity index (χ2n) is 4.83. The lowest BCUT2D eigenvalue weighted by molar-refractivity contribution is -0.162. The van der Waals surface area contributed by atoms with Crippen molar-refractivity contribution in [3.63, 3.8) is 0 Å². The van der Waals surface area contributed by atoms with Crippen molar-refractivity contribution in [1.82, 2.24) is 0 Å². The van der Waals surface area contributed by atoms with Gasteiger partial charge in [0.1, 0.15) is 0 Å². The van der Waals surface area contributed by atoms with Crippen LogP contribution in [0.5, 0.6) is 0 Å². The molecule has 6 heteroatoms. The van der Waals surface area contributed by atoms with E-state index < -0.39 is 23.5 Å². The van der Waals surface area contributed by atoms with Crippen molar-refractivity contribution in [3.05, 3.63) is 34.3 Å². The molecule has 0 heterocycles. The maximum absolute atomic E-state index is 12.3. The molecule has 0 radical (unpaired) electrons. The van der Waals surface area contributed by atoms with Gasteiger partial charge in [0.2, 0.25) is 0 Å². The van der Waals surface area contributed by atoms with Crippen LogP contribution in [0.3, 0.4) is 0 Å². The zero-order valence-electron chi connectivity index (χ0n) is 12.0. The van der Waals surface area contributed by atoms with Crippen LogP contribution in [0.4, 0.5) is 0 Å². The Kier molecular flexibility index (Phi) is 6.36. The van der Waals surface area contributed by atoms with E-state index in [0.717, 1.165) is 4.47 Å². The van der Waals surface area contributed by atoms with Gasteiger partial charge in [0, 0.05) is 4.47 Å². The molecule has 0 aliphatic rings. The smallest absolute Gasteiger partial charge is 0.328 e. The minimum absolute atomic E-state index is 0.0273. The summed E-state index contributed by atoms with van der Waals surface area (Å²) in [5.74, 6) is -2.08. The van der Waals surface area contributed by atoms with Crippen LogP contribution in [0.2, 0.25) is 0 Å². The van der Waals surface area contributed by atoms with Crippen LogP contribution >= 0.6 is 15.9 Å². The lowest BCUT2D eigenvalue weighted by Gasteiger charge is -2.28. The topological polar surface area (TPSA) is 83.8 Å². The Morgan fingerprint density at radius 2 is 1.90 bits per heavy atom. The van der Waals surface area contributed by atoms with Crippen molar-refractivity contribution in [2.45, 2.75) is 38.2 Å². The minimum atomic E-state index is -1.80. The zero-order valence-corrected chi connectivity index (χ0v) is 13.6. The summed E-state index contributed by atoms with van der Waals surface area (Å²) >= 11 is 3.28. The predicted octanol–water partition coefficient (Wildman–Crippen LogP) is 2.50. The maximum Gasteiger partial charge on any atom is 0.328 e. The Labute approximate surface area is 132 Å². The number of hydrogen-bond acceptors (Lipinski definition) is 4. The van der Waals surface area contributed by atoms with Crippen LogP contribution in [-0.2, 0) is 19.7 Å². The summed E-state index contributed by atoms with van der Waals surface area (Å²) in [5, 5.41) is 19.1. The molecule has 0 fully saturated rings. The molecular weight excluding hydrogens is 340 g/mol. The predicted molar refractivity (Wildman–Crippen MR) is 81.0 cm³/mol. The van der Waals surface area contributed by atoms with Gasteiger partial charge in [0.15, 0.2) is 5.41 Å². The number of aliphatic carboxylic acids is 1. The summed E-state index contributed by atoms with van der Waals surface area (Å²) in [6, 6.07) is 6.51. The number of aliphatic hydroxyl groups is 1. The summed E-state index contributed by atoms with van der Waals surface area (Å²) in [4.78, 5) is 24.1. The zero-order chi connectivity index (χ0) is 16.0. The van der Waals surface area contributed by atoms with E-state index >= 15 is 0 Å². The highest BCUT2D eigenvalue weighted by Crippen LogP contribution is 2.33. The second kappa shape index (κ2) is 7.56. The molecule has 21 heavy (non-hydrogen) atoms. The van der Waals surface area contributed by atoms with E-state index in [1.807, 2.05) is 0 Å². The number of carboxylic acid groups (broad SMARTS) is 1. The first kappa shape index (κ1) is 17.7. The molecule has 0 aromatic heterocycles. The largest absolute Gasteiger partial charge is 0.480 e. The fourth-order valence-corrected chi connectivity index (χ4v) is 2.36. The quantitative estimate of drug-likeness (QED) is 0.577. The van der Waals surface area contributed by atoms with E-state index in [1.54, 1.807) is 38.1 Å². The third-order valence-corrected chi connectivity index (χ3v) is 3.79.